The van der Waals surface area contributed by atoms with E-state index in [-0.39, 0.29) is 5.60 Å². The highest BCUT2D eigenvalue weighted by Gasteiger charge is 2.33. The van der Waals surface area contributed by atoms with Crippen LogP contribution in [0.4, 0.5) is 0 Å². The molecule has 2 atom stereocenters. The fourth-order valence-corrected chi connectivity index (χ4v) is 6.01. The third-order valence-corrected chi connectivity index (χ3v) is 7.76. The number of hydrogen-bond acceptors (Lipinski definition) is 4. The van der Waals surface area contributed by atoms with Crippen LogP contribution in [0.2, 0.25) is 0 Å². The molecule has 3 saturated carbocycles. The van der Waals surface area contributed by atoms with E-state index in [1.807, 2.05) is 0 Å². The van der Waals surface area contributed by atoms with Gasteiger partial charge in [0.2, 0.25) is 0 Å². The zero-order valence-electron chi connectivity index (χ0n) is 22.0. The largest absolute Gasteiger partial charge is 0.474 e. The van der Waals surface area contributed by atoms with Crippen molar-refractivity contribution in [1.82, 2.24) is 16.0 Å². The van der Waals surface area contributed by atoms with Crippen molar-refractivity contribution >= 4 is 0 Å². The maximum absolute atomic E-state index is 5.98. The summed E-state index contributed by atoms with van der Waals surface area (Å²) in [4.78, 5) is 0. The number of nitrogens with one attached hydrogen (secondary N) is 3. The third-order valence-electron chi connectivity index (χ3n) is 7.76. The van der Waals surface area contributed by atoms with Crippen LogP contribution in [0.15, 0.2) is 24.7 Å². The predicted octanol–water partition coefficient (Wildman–Crippen LogP) is 6.64. The monoisotopic (exact) mass is 459 g/mol. The van der Waals surface area contributed by atoms with Crippen molar-refractivity contribution in [3.8, 4) is 0 Å². The highest BCUT2D eigenvalue weighted by molar-refractivity contribution is 5.01. The first kappa shape index (κ1) is 26.4. The maximum atomic E-state index is 5.98. The summed E-state index contributed by atoms with van der Waals surface area (Å²) in [5.41, 5.74) is 0.935. The van der Waals surface area contributed by atoms with Crippen LogP contribution < -0.4 is 16.0 Å². The zero-order valence-corrected chi connectivity index (χ0v) is 22.0. The first-order valence-electron chi connectivity index (χ1n) is 14.1. The van der Waals surface area contributed by atoms with E-state index < -0.39 is 0 Å². The summed E-state index contributed by atoms with van der Waals surface area (Å²) in [5.74, 6) is 3.32. The van der Waals surface area contributed by atoms with Gasteiger partial charge in [-0.05, 0) is 70.8 Å². The molecule has 3 fully saturated rings. The molecule has 0 heterocycles. The average molecular weight is 460 g/mol. The Kier molecular flexibility index (Phi) is 10.5. The molecule has 4 nitrogen and oxygen atoms in total. The minimum Gasteiger partial charge on any atom is -0.474 e. The van der Waals surface area contributed by atoms with Gasteiger partial charge in [-0.15, -0.1) is 0 Å². The zero-order chi connectivity index (χ0) is 23.7. The highest BCUT2D eigenvalue weighted by Crippen LogP contribution is 2.38. The van der Waals surface area contributed by atoms with Crippen molar-refractivity contribution in [1.29, 1.82) is 0 Å². The number of hydrogen-bond donors (Lipinski definition) is 3. The quantitative estimate of drug-likeness (QED) is 0.255. The van der Waals surface area contributed by atoms with Gasteiger partial charge in [-0.1, -0.05) is 70.8 Å². The lowest BCUT2D eigenvalue weighted by Gasteiger charge is -2.31. The van der Waals surface area contributed by atoms with E-state index in [0.717, 1.165) is 36.5 Å². The molecule has 3 rings (SSSR count). The summed E-state index contributed by atoms with van der Waals surface area (Å²) in [6.07, 6.45) is 19.4. The smallest absolute Gasteiger partial charge is 0.180 e. The Morgan fingerprint density at radius 2 is 1.39 bits per heavy atom. The molecular weight excluding hydrogens is 406 g/mol. The van der Waals surface area contributed by atoms with E-state index >= 15 is 0 Å². The van der Waals surface area contributed by atoms with Gasteiger partial charge < -0.3 is 20.7 Å². The molecule has 0 aromatic carbocycles. The van der Waals surface area contributed by atoms with Crippen LogP contribution in [0.1, 0.15) is 111 Å². The molecule has 3 aliphatic carbocycles. The Balaban J connectivity index is 1.43. The Bertz CT molecular complexity index is 594. The van der Waals surface area contributed by atoms with Crippen LogP contribution in [0.3, 0.4) is 0 Å². The van der Waals surface area contributed by atoms with Gasteiger partial charge in [0.05, 0.1) is 0 Å². The molecule has 0 saturated heterocycles. The topological polar surface area (TPSA) is 45.3 Å². The molecule has 4 heteroatoms. The Morgan fingerprint density at radius 3 is 1.94 bits per heavy atom. The van der Waals surface area contributed by atoms with Crippen LogP contribution in [-0.2, 0) is 4.74 Å². The van der Waals surface area contributed by atoms with E-state index in [4.69, 9.17) is 4.74 Å². The summed E-state index contributed by atoms with van der Waals surface area (Å²) in [6.45, 7) is 16.5. The van der Waals surface area contributed by atoms with E-state index in [1.54, 1.807) is 0 Å². The molecule has 0 aromatic heterocycles. The molecule has 3 N–H and O–H groups in total. The van der Waals surface area contributed by atoms with Gasteiger partial charge in [0, 0.05) is 30.9 Å². The molecule has 33 heavy (non-hydrogen) atoms. The van der Waals surface area contributed by atoms with Crippen molar-refractivity contribution in [2.45, 2.75) is 128 Å². The van der Waals surface area contributed by atoms with Crippen LogP contribution >= 0.6 is 0 Å². The SMILES string of the molecule is C=C(CNCC(CC1CCCCC1)NC(=C)OC(C)(C)C)NC(CC1CCCCC1)C1CC1. The summed E-state index contributed by atoms with van der Waals surface area (Å²) in [7, 11) is 0. The summed E-state index contributed by atoms with van der Waals surface area (Å²) >= 11 is 0. The first-order chi connectivity index (χ1) is 15.8. The van der Waals surface area contributed by atoms with Crippen molar-refractivity contribution in [3.05, 3.63) is 24.7 Å². The van der Waals surface area contributed by atoms with E-state index in [9.17, 15) is 0 Å². The van der Waals surface area contributed by atoms with Crippen molar-refractivity contribution in [2.24, 2.45) is 17.8 Å². The van der Waals surface area contributed by atoms with Crippen LogP contribution in [0, 0.1) is 17.8 Å². The average Bonchev–Trinajstić information content (AvgIpc) is 3.59. The summed E-state index contributed by atoms with van der Waals surface area (Å²) < 4.78 is 5.98. The Hall–Kier alpha value is -1.16. The standard InChI is InChI=1S/C29H53N3O/c1-22(31-28(26-16-17-26)19-25-14-10-7-11-15-25)20-30-21-27(18-24-12-8-6-9-13-24)32-23(2)33-29(3,4)5/h24-28,30-32H,1-2,6-21H2,3-5H3. The minimum atomic E-state index is -0.221. The summed E-state index contributed by atoms with van der Waals surface area (Å²) in [5, 5.41) is 11.1. The second-order valence-corrected chi connectivity index (χ2v) is 12.3. The summed E-state index contributed by atoms with van der Waals surface area (Å²) in [6, 6.07) is 0.982. The fraction of sp³-hybridized carbons (Fsp3) is 0.862. The molecule has 0 aliphatic heterocycles. The van der Waals surface area contributed by atoms with E-state index in [2.05, 4.69) is 49.9 Å². The molecule has 2 unspecified atom stereocenters. The molecule has 0 radical (unpaired) electrons. The van der Waals surface area contributed by atoms with Gasteiger partial charge in [-0.2, -0.15) is 0 Å². The predicted molar refractivity (Wildman–Crippen MR) is 141 cm³/mol. The molecule has 0 spiro atoms. The van der Waals surface area contributed by atoms with Crippen molar-refractivity contribution in [3.63, 3.8) is 0 Å². The minimum absolute atomic E-state index is 0.221. The molecule has 190 valence electrons. The Morgan fingerprint density at radius 1 is 0.818 bits per heavy atom. The molecule has 0 aromatic rings. The normalized spacial score (nSPS) is 22.4. The Labute approximate surface area is 204 Å². The van der Waals surface area contributed by atoms with Gasteiger partial charge in [0.1, 0.15) is 5.60 Å². The number of rotatable bonds is 14. The van der Waals surface area contributed by atoms with Gasteiger partial charge in [0.15, 0.2) is 5.88 Å². The lowest BCUT2D eigenvalue weighted by atomic mass is 9.84. The molecule has 0 amide bonds. The third kappa shape index (κ3) is 10.8. The van der Waals surface area contributed by atoms with Gasteiger partial charge >= 0.3 is 0 Å². The maximum Gasteiger partial charge on any atom is 0.180 e. The highest BCUT2D eigenvalue weighted by atomic mass is 16.5. The number of ether oxygens (including phenoxy) is 1. The lowest BCUT2D eigenvalue weighted by molar-refractivity contribution is 0.0372. The van der Waals surface area contributed by atoms with Gasteiger partial charge in [0.25, 0.3) is 0 Å². The second kappa shape index (κ2) is 13.1. The molecular formula is C29H53N3O. The van der Waals surface area contributed by atoms with Crippen molar-refractivity contribution in [2.75, 3.05) is 13.1 Å². The second-order valence-electron chi connectivity index (χ2n) is 12.3. The van der Waals surface area contributed by atoms with Crippen molar-refractivity contribution < 1.29 is 4.74 Å². The van der Waals surface area contributed by atoms with E-state index in [1.165, 1.54) is 89.9 Å². The van der Waals surface area contributed by atoms with Gasteiger partial charge in [-0.25, -0.2) is 0 Å². The van der Waals surface area contributed by atoms with Crippen LogP contribution in [0.25, 0.3) is 0 Å². The van der Waals surface area contributed by atoms with E-state index in [0.29, 0.717) is 18.0 Å². The fourth-order valence-electron chi connectivity index (χ4n) is 6.01. The molecule has 3 aliphatic rings. The molecule has 0 bridgehead atoms. The lowest BCUT2D eigenvalue weighted by Crippen LogP contribution is -2.43. The van der Waals surface area contributed by atoms with Crippen LogP contribution in [0.5, 0.6) is 0 Å². The van der Waals surface area contributed by atoms with Gasteiger partial charge in [-0.3, -0.25) is 0 Å². The first-order valence-corrected chi connectivity index (χ1v) is 14.1. The van der Waals surface area contributed by atoms with Crippen LogP contribution in [-0.4, -0.2) is 30.8 Å².